The second-order valence-corrected chi connectivity index (χ2v) is 9.03. The molecule has 2 atom stereocenters. The van der Waals surface area contributed by atoms with Gasteiger partial charge in [0, 0.05) is 30.6 Å². The molecule has 1 N–H and O–H groups in total. The third kappa shape index (κ3) is 5.61. The van der Waals surface area contributed by atoms with Crippen molar-refractivity contribution >= 4 is 11.6 Å². The standard InChI is InChI=1S/C25H34ClNO2/c1-4-20-5-9-22(10-6-20)25(28,17-19(2)3)24(18-27-13-15-29-16-14-27)21-7-11-23(26)12-8-21/h5-12,19,24,28H,4,13-18H2,1-3H3/t24-,25-/m1/s1. The molecule has 1 aliphatic rings. The Morgan fingerprint density at radius 3 is 2.21 bits per heavy atom. The summed E-state index contributed by atoms with van der Waals surface area (Å²) in [4.78, 5) is 2.41. The number of benzene rings is 2. The first kappa shape index (κ1) is 22.3. The lowest BCUT2D eigenvalue weighted by atomic mass is 9.72. The van der Waals surface area contributed by atoms with Gasteiger partial charge in [0.15, 0.2) is 0 Å². The summed E-state index contributed by atoms with van der Waals surface area (Å²) in [6.45, 7) is 10.6. The highest BCUT2D eigenvalue weighted by molar-refractivity contribution is 6.30. The van der Waals surface area contributed by atoms with E-state index in [2.05, 4.69) is 62.1 Å². The van der Waals surface area contributed by atoms with Crippen molar-refractivity contribution in [1.29, 1.82) is 0 Å². The summed E-state index contributed by atoms with van der Waals surface area (Å²) >= 11 is 6.17. The molecule has 0 saturated carbocycles. The SMILES string of the molecule is CCc1ccc([C@](O)(CC(C)C)[C@H](CN2CCOCC2)c2ccc(Cl)cc2)cc1. The van der Waals surface area contributed by atoms with Gasteiger partial charge >= 0.3 is 0 Å². The van der Waals surface area contributed by atoms with Crippen LogP contribution in [0.15, 0.2) is 48.5 Å². The van der Waals surface area contributed by atoms with Gasteiger partial charge < -0.3 is 9.84 Å². The topological polar surface area (TPSA) is 32.7 Å². The molecule has 0 aliphatic carbocycles. The molecule has 29 heavy (non-hydrogen) atoms. The van der Waals surface area contributed by atoms with Crippen LogP contribution in [0.4, 0.5) is 0 Å². The molecule has 0 amide bonds. The summed E-state index contributed by atoms with van der Waals surface area (Å²) < 4.78 is 5.54. The fraction of sp³-hybridized carbons (Fsp3) is 0.520. The van der Waals surface area contributed by atoms with Crippen molar-refractivity contribution < 1.29 is 9.84 Å². The van der Waals surface area contributed by atoms with E-state index in [1.165, 1.54) is 5.56 Å². The highest BCUT2D eigenvalue weighted by atomic mass is 35.5. The van der Waals surface area contributed by atoms with Crippen molar-refractivity contribution in [3.63, 3.8) is 0 Å². The minimum atomic E-state index is -0.952. The van der Waals surface area contributed by atoms with Gasteiger partial charge in [-0.25, -0.2) is 0 Å². The zero-order valence-electron chi connectivity index (χ0n) is 17.9. The Morgan fingerprint density at radius 2 is 1.66 bits per heavy atom. The quantitative estimate of drug-likeness (QED) is 0.638. The summed E-state index contributed by atoms with van der Waals surface area (Å²) in [5, 5.41) is 13.0. The Labute approximate surface area is 180 Å². The Kier molecular flexibility index (Phi) is 7.75. The molecular formula is C25H34ClNO2. The monoisotopic (exact) mass is 415 g/mol. The van der Waals surface area contributed by atoms with E-state index in [0.717, 1.165) is 55.4 Å². The zero-order valence-corrected chi connectivity index (χ0v) is 18.7. The van der Waals surface area contributed by atoms with Crippen LogP contribution < -0.4 is 0 Å². The van der Waals surface area contributed by atoms with Crippen LogP contribution >= 0.6 is 11.6 Å². The van der Waals surface area contributed by atoms with Gasteiger partial charge in [-0.15, -0.1) is 0 Å². The van der Waals surface area contributed by atoms with Crippen molar-refractivity contribution in [3.05, 3.63) is 70.2 Å². The van der Waals surface area contributed by atoms with Crippen LogP contribution in [0.2, 0.25) is 5.02 Å². The molecule has 1 saturated heterocycles. The lowest BCUT2D eigenvalue weighted by molar-refractivity contribution is -0.0356. The van der Waals surface area contributed by atoms with Gasteiger partial charge in [0.1, 0.15) is 0 Å². The van der Waals surface area contributed by atoms with Crippen molar-refractivity contribution in [2.75, 3.05) is 32.8 Å². The normalized spacial score (nSPS) is 18.6. The van der Waals surface area contributed by atoms with E-state index in [9.17, 15) is 5.11 Å². The second kappa shape index (κ2) is 10.1. The molecule has 0 aromatic heterocycles. The van der Waals surface area contributed by atoms with E-state index in [-0.39, 0.29) is 5.92 Å². The number of morpholine rings is 1. The van der Waals surface area contributed by atoms with Crippen molar-refractivity contribution in [1.82, 2.24) is 4.90 Å². The number of halogens is 1. The number of rotatable bonds is 8. The summed E-state index contributed by atoms with van der Waals surface area (Å²) in [6, 6.07) is 16.5. The number of nitrogens with zero attached hydrogens (tertiary/aromatic N) is 1. The van der Waals surface area contributed by atoms with Gasteiger partial charge in [0.25, 0.3) is 0 Å². The average molecular weight is 416 g/mol. The first-order valence-electron chi connectivity index (χ1n) is 10.8. The van der Waals surface area contributed by atoms with Crippen LogP contribution in [-0.4, -0.2) is 42.9 Å². The number of hydrogen-bond acceptors (Lipinski definition) is 3. The van der Waals surface area contributed by atoms with E-state index in [1.54, 1.807) is 0 Å². The first-order valence-corrected chi connectivity index (χ1v) is 11.2. The molecule has 4 heteroatoms. The van der Waals surface area contributed by atoms with Gasteiger partial charge in [-0.2, -0.15) is 0 Å². The second-order valence-electron chi connectivity index (χ2n) is 8.59. The van der Waals surface area contributed by atoms with E-state index in [1.807, 2.05) is 12.1 Å². The third-order valence-corrected chi connectivity index (χ3v) is 6.23. The summed E-state index contributed by atoms with van der Waals surface area (Å²) in [5.74, 6) is 0.318. The predicted molar refractivity (Wildman–Crippen MR) is 121 cm³/mol. The maximum Gasteiger partial charge on any atom is 0.0979 e. The van der Waals surface area contributed by atoms with E-state index in [0.29, 0.717) is 12.3 Å². The van der Waals surface area contributed by atoms with Gasteiger partial charge in [0.05, 0.1) is 18.8 Å². The van der Waals surface area contributed by atoms with Gasteiger partial charge in [-0.3, -0.25) is 4.90 Å². The smallest absolute Gasteiger partial charge is 0.0979 e. The van der Waals surface area contributed by atoms with E-state index < -0.39 is 5.60 Å². The van der Waals surface area contributed by atoms with Crippen molar-refractivity contribution in [3.8, 4) is 0 Å². The minimum absolute atomic E-state index is 0.0484. The third-order valence-electron chi connectivity index (χ3n) is 5.97. The van der Waals surface area contributed by atoms with Crippen LogP contribution in [0.5, 0.6) is 0 Å². The Hall–Kier alpha value is -1.39. The van der Waals surface area contributed by atoms with Crippen LogP contribution in [-0.2, 0) is 16.8 Å². The summed E-state index contributed by atoms with van der Waals surface area (Å²) in [7, 11) is 0. The number of hydrogen-bond donors (Lipinski definition) is 1. The molecule has 1 aliphatic heterocycles. The maximum absolute atomic E-state index is 12.2. The fourth-order valence-corrected chi connectivity index (χ4v) is 4.51. The molecule has 0 unspecified atom stereocenters. The maximum atomic E-state index is 12.2. The van der Waals surface area contributed by atoms with Crippen LogP contribution in [0.25, 0.3) is 0 Å². The first-order chi connectivity index (χ1) is 13.9. The summed E-state index contributed by atoms with van der Waals surface area (Å²) in [5.41, 5.74) is 2.46. The highest BCUT2D eigenvalue weighted by Crippen LogP contribution is 2.43. The minimum Gasteiger partial charge on any atom is -0.384 e. The molecule has 2 aromatic carbocycles. The predicted octanol–water partition coefficient (Wildman–Crippen LogP) is 5.25. The molecule has 1 fully saturated rings. The molecule has 158 valence electrons. The van der Waals surface area contributed by atoms with Crippen LogP contribution in [0.3, 0.4) is 0 Å². The largest absolute Gasteiger partial charge is 0.384 e. The lowest BCUT2D eigenvalue weighted by Gasteiger charge is -2.42. The van der Waals surface area contributed by atoms with E-state index >= 15 is 0 Å². The van der Waals surface area contributed by atoms with Crippen molar-refractivity contribution in [2.24, 2.45) is 5.92 Å². The molecule has 0 spiro atoms. The van der Waals surface area contributed by atoms with Gasteiger partial charge in [-0.05, 0) is 47.6 Å². The van der Waals surface area contributed by atoms with Gasteiger partial charge in [-0.1, -0.05) is 68.8 Å². The highest BCUT2D eigenvalue weighted by Gasteiger charge is 2.41. The number of aliphatic hydroxyl groups is 1. The molecule has 2 aromatic rings. The zero-order chi connectivity index (χ0) is 20.9. The Bertz CT molecular complexity index is 753. The van der Waals surface area contributed by atoms with Crippen LogP contribution in [0, 0.1) is 5.92 Å². The molecular weight excluding hydrogens is 382 g/mol. The fourth-order valence-electron chi connectivity index (χ4n) is 4.38. The van der Waals surface area contributed by atoms with Gasteiger partial charge in [0.2, 0.25) is 0 Å². The Balaban J connectivity index is 2.03. The Morgan fingerprint density at radius 1 is 1.03 bits per heavy atom. The molecule has 3 rings (SSSR count). The lowest BCUT2D eigenvalue weighted by Crippen LogP contribution is -2.45. The summed E-state index contributed by atoms with van der Waals surface area (Å²) in [6.07, 6.45) is 1.70. The molecule has 1 heterocycles. The van der Waals surface area contributed by atoms with Crippen molar-refractivity contribution in [2.45, 2.75) is 45.1 Å². The number of ether oxygens (including phenoxy) is 1. The molecule has 0 bridgehead atoms. The molecule has 0 radical (unpaired) electrons. The van der Waals surface area contributed by atoms with E-state index in [4.69, 9.17) is 16.3 Å². The average Bonchev–Trinajstić information content (AvgIpc) is 2.73. The van der Waals surface area contributed by atoms with Crippen LogP contribution in [0.1, 0.15) is 49.8 Å². The molecule has 3 nitrogen and oxygen atoms in total. The number of aryl methyl sites for hydroxylation is 1.